The standard InChI is InChI=1S/C16H19N3O/c1-11(2)10-19-14-5-8-18-16(20)13(14)9-15(19)12-3-6-17-7-4-12/h3-4,6-7,9,11H,5,8,10H2,1-2H3,(H,18,20). The molecule has 0 aliphatic carbocycles. The molecule has 3 rings (SSSR count). The summed E-state index contributed by atoms with van der Waals surface area (Å²) in [5.74, 6) is 0.584. The fraction of sp³-hybridized carbons (Fsp3) is 0.375. The van der Waals surface area contributed by atoms with E-state index in [2.05, 4.69) is 28.7 Å². The lowest BCUT2D eigenvalue weighted by molar-refractivity contribution is 0.0945. The average molecular weight is 269 g/mol. The normalized spacial score (nSPS) is 14.2. The van der Waals surface area contributed by atoms with Crippen molar-refractivity contribution in [2.75, 3.05) is 6.54 Å². The molecule has 0 spiro atoms. The number of carbonyl (C=O) groups excluding carboxylic acids is 1. The van der Waals surface area contributed by atoms with Crippen molar-refractivity contribution in [2.24, 2.45) is 5.92 Å². The molecule has 0 unspecified atom stereocenters. The zero-order valence-corrected chi connectivity index (χ0v) is 11.9. The van der Waals surface area contributed by atoms with Gasteiger partial charge in [0.05, 0.1) is 5.56 Å². The molecule has 0 aromatic carbocycles. The maximum atomic E-state index is 12.0. The van der Waals surface area contributed by atoms with Crippen molar-refractivity contribution in [2.45, 2.75) is 26.8 Å². The van der Waals surface area contributed by atoms with Gasteiger partial charge in [-0.3, -0.25) is 9.78 Å². The summed E-state index contributed by atoms with van der Waals surface area (Å²) < 4.78 is 2.30. The first-order valence-corrected chi connectivity index (χ1v) is 7.08. The molecule has 104 valence electrons. The van der Waals surface area contributed by atoms with Crippen LogP contribution in [0.2, 0.25) is 0 Å². The van der Waals surface area contributed by atoms with Crippen LogP contribution in [-0.4, -0.2) is 22.0 Å². The minimum absolute atomic E-state index is 0.0454. The summed E-state index contributed by atoms with van der Waals surface area (Å²) in [5, 5.41) is 2.92. The Kier molecular flexibility index (Phi) is 3.30. The van der Waals surface area contributed by atoms with Crippen LogP contribution in [0.3, 0.4) is 0 Å². The van der Waals surface area contributed by atoms with Crippen LogP contribution in [0.4, 0.5) is 0 Å². The van der Waals surface area contributed by atoms with Gasteiger partial charge in [0.15, 0.2) is 0 Å². The third-order valence-electron chi connectivity index (χ3n) is 3.62. The van der Waals surface area contributed by atoms with E-state index in [0.717, 1.165) is 42.0 Å². The molecule has 1 N–H and O–H groups in total. The van der Waals surface area contributed by atoms with Crippen LogP contribution in [0.25, 0.3) is 11.3 Å². The number of pyridine rings is 1. The van der Waals surface area contributed by atoms with Crippen molar-refractivity contribution in [3.8, 4) is 11.3 Å². The molecule has 2 aromatic rings. The van der Waals surface area contributed by atoms with Crippen molar-refractivity contribution >= 4 is 5.91 Å². The van der Waals surface area contributed by atoms with Crippen LogP contribution in [0, 0.1) is 5.92 Å². The molecule has 0 radical (unpaired) electrons. The Balaban J connectivity index is 2.16. The second-order valence-corrected chi connectivity index (χ2v) is 5.64. The summed E-state index contributed by atoms with van der Waals surface area (Å²) in [7, 11) is 0. The lowest BCUT2D eigenvalue weighted by Crippen LogP contribution is -2.32. The molecule has 1 amide bonds. The molecule has 0 fully saturated rings. The van der Waals surface area contributed by atoms with Crippen LogP contribution in [0.5, 0.6) is 0 Å². The molecule has 20 heavy (non-hydrogen) atoms. The Morgan fingerprint density at radius 2 is 2.10 bits per heavy atom. The van der Waals surface area contributed by atoms with E-state index in [9.17, 15) is 4.79 Å². The van der Waals surface area contributed by atoms with Gasteiger partial charge in [-0.1, -0.05) is 13.8 Å². The number of aromatic nitrogens is 2. The second-order valence-electron chi connectivity index (χ2n) is 5.64. The Morgan fingerprint density at radius 3 is 2.80 bits per heavy atom. The Bertz CT molecular complexity index is 629. The molecule has 4 heteroatoms. The fourth-order valence-electron chi connectivity index (χ4n) is 2.78. The summed E-state index contributed by atoms with van der Waals surface area (Å²) in [4.78, 5) is 16.1. The lowest BCUT2D eigenvalue weighted by Gasteiger charge is -2.19. The van der Waals surface area contributed by atoms with Crippen molar-refractivity contribution in [1.82, 2.24) is 14.9 Å². The van der Waals surface area contributed by atoms with E-state index in [1.807, 2.05) is 18.2 Å². The summed E-state index contributed by atoms with van der Waals surface area (Å²) in [6.07, 6.45) is 4.49. The smallest absolute Gasteiger partial charge is 0.253 e. The van der Waals surface area contributed by atoms with Crippen molar-refractivity contribution in [1.29, 1.82) is 0 Å². The van der Waals surface area contributed by atoms with Crippen molar-refractivity contribution in [3.05, 3.63) is 41.9 Å². The first-order valence-electron chi connectivity index (χ1n) is 7.08. The van der Waals surface area contributed by atoms with Crippen LogP contribution in [-0.2, 0) is 13.0 Å². The highest BCUT2D eigenvalue weighted by molar-refractivity contribution is 5.98. The van der Waals surface area contributed by atoms with E-state index in [-0.39, 0.29) is 5.91 Å². The highest BCUT2D eigenvalue weighted by atomic mass is 16.1. The number of nitrogens with zero attached hydrogens (tertiary/aromatic N) is 2. The molecule has 0 bridgehead atoms. The summed E-state index contributed by atoms with van der Waals surface area (Å²) >= 11 is 0. The van der Waals surface area contributed by atoms with Crippen LogP contribution in [0.1, 0.15) is 29.9 Å². The van der Waals surface area contributed by atoms with E-state index in [1.54, 1.807) is 12.4 Å². The van der Waals surface area contributed by atoms with Gasteiger partial charge in [0.1, 0.15) is 0 Å². The van der Waals surface area contributed by atoms with Crippen molar-refractivity contribution < 1.29 is 4.79 Å². The zero-order valence-electron chi connectivity index (χ0n) is 11.9. The number of hydrogen-bond donors (Lipinski definition) is 1. The first kappa shape index (κ1) is 12.9. The quantitative estimate of drug-likeness (QED) is 0.930. The Morgan fingerprint density at radius 1 is 1.35 bits per heavy atom. The van der Waals surface area contributed by atoms with Gasteiger partial charge in [0.2, 0.25) is 0 Å². The third-order valence-corrected chi connectivity index (χ3v) is 3.62. The SMILES string of the molecule is CC(C)Cn1c(-c2ccncc2)cc2c1CCNC2=O. The number of fused-ring (bicyclic) bond motifs is 1. The molecular weight excluding hydrogens is 250 g/mol. The third kappa shape index (κ3) is 2.22. The first-order chi connectivity index (χ1) is 9.66. The van der Waals surface area contributed by atoms with Crippen LogP contribution in [0.15, 0.2) is 30.6 Å². The number of hydrogen-bond acceptors (Lipinski definition) is 2. The number of carbonyl (C=O) groups is 1. The van der Waals surface area contributed by atoms with Gasteiger partial charge >= 0.3 is 0 Å². The minimum atomic E-state index is 0.0454. The molecule has 0 saturated carbocycles. The minimum Gasteiger partial charge on any atom is -0.352 e. The van der Waals surface area contributed by atoms with Gasteiger partial charge in [-0.2, -0.15) is 0 Å². The van der Waals surface area contributed by atoms with Crippen LogP contribution >= 0.6 is 0 Å². The number of nitrogens with one attached hydrogen (secondary N) is 1. The predicted octanol–water partition coefficient (Wildman–Crippen LogP) is 2.49. The molecule has 4 nitrogen and oxygen atoms in total. The maximum Gasteiger partial charge on any atom is 0.253 e. The van der Waals surface area contributed by atoms with Gasteiger partial charge in [-0.25, -0.2) is 0 Å². The van der Waals surface area contributed by atoms with Gasteiger partial charge in [-0.15, -0.1) is 0 Å². The summed E-state index contributed by atoms with van der Waals surface area (Å²) in [5.41, 5.74) is 4.21. The largest absolute Gasteiger partial charge is 0.352 e. The molecule has 0 saturated heterocycles. The van der Waals surface area contributed by atoms with Gasteiger partial charge in [0.25, 0.3) is 5.91 Å². The fourth-order valence-corrected chi connectivity index (χ4v) is 2.78. The van der Waals surface area contributed by atoms with E-state index < -0.39 is 0 Å². The predicted molar refractivity (Wildman–Crippen MR) is 78.5 cm³/mol. The summed E-state index contributed by atoms with van der Waals surface area (Å²) in [6.45, 7) is 6.06. The Hall–Kier alpha value is -2.10. The summed E-state index contributed by atoms with van der Waals surface area (Å²) in [6, 6.07) is 6.01. The number of amides is 1. The van der Waals surface area contributed by atoms with Crippen molar-refractivity contribution in [3.63, 3.8) is 0 Å². The van der Waals surface area contributed by atoms with E-state index >= 15 is 0 Å². The highest BCUT2D eigenvalue weighted by Gasteiger charge is 2.24. The molecule has 3 heterocycles. The van der Waals surface area contributed by atoms with Gasteiger partial charge in [-0.05, 0) is 24.1 Å². The number of rotatable bonds is 3. The second kappa shape index (κ2) is 5.12. The maximum absolute atomic E-state index is 12.0. The zero-order chi connectivity index (χ0) is 14.1. The topological polar surface area (TPSA) is 46.9 Å². The lowest BCUT2D eigenvalue weighted by atomic mass is 10.1. The van der Waals surface area contributed by atoms with E-state index in [4.69, 9.17) is 0 Å². The van der Waals surface area contributed by atoms with Gasteiger partial charge < -0.3 is 9.88 Å². The average Bonchev–Trinajstić information content (AvgIpc) is 2.80. The highest BCUT2D eigenvalue weighted by Crippen LogP contribution is 2.28. The molecular formula is C16H19N3O. The Labute approximate surface area is 118 Å². The molecule has 0 atom stereocenters. The van der Waals surface area contributed by atoms with E-state index in [0.29, 0.717) is 5.92 Å². The molecule has 1 aliphatic heterocycles. The van der Waals surface area contributed by atoms with E-state index in [1.165, 1.54) is 0 Å². The van der Waals surface area contributed by atoms with Gasteiger partial charge in [0, 0.05) is 48.9 Å². The molecule has 2 aromatic heterocycles. The monoisotopic (exact) mass is 269 g/mol. The van der Waals surface area contributed by atoms with Crippen LogP contribution < -0.4 is 5.32 Å². The molecule has 1 aliphatic rings.